The zero-order chi connectivity index (χ0) is 19.8. The first-order valence-electron chi connectivity index (χ1n) is 8.84. The van der Waals surface area contributed by atoms with E-state index in [2.05, 4.69) is 24.5 Å². The number of halogens is 1. The van der Waals surface area contributed by atoms with Crippen LogP contribution in [-0.4, -0.2) is 24.0 Å². The second-order valence-electron chi connectivity index (χ2n) is 7.60. The minimum Gasteiger partial charge on any atom is -0.478 e. The van der Waals surface area contributed by atoms with Crippen molar-refractivity contribution in [3.05, 3.63) is 51.1 Å². The Kier molecular flexibility index (Phi) is 5.35. The van der Waals surface area contributed by atoms with E-state index in [0.29, 0.717) is 11.4 Å². The van der Waals surface area contributed by atoms with Crippen LogP contribution in [0.25, 0.3) is 0 Å². The largest absolute Gasteiger partial charge is 0.478 e. The van der Waals surface area contributed by atoms with Crippen molar-refractivity contribution in [2.45, 2.75) is 39.7 Å². The fourth-order valence-corrected chi connectivity index (χ4v) is 4.74. The van der Waals surface area contributed by atoms with Gasteiger partial charge in [-0.1, -0.05) is 19.9 Å². The highest BCUT2D eigenvalue weighted by atomic mass is 32.1. The zero-order valence-electron chi connectivity index (χ0n) is 15.6. The molecule has 1 aromatic carbocycles. The maximum atomic E-state index is 14.1. The number of hydrogen-bond donors (Lipinski definition) is 3. The molecule has 0 bridgehead atoms. The summed E-state index contributed by atoms with van der Waals surface area (Å²) < 4.78 is 14.1. The van der Waals surface area contributed by atoms with Gasteiger partial charge in [0.15, 0.2) is 0 Å². The second-order valence-corrected chi connectivity index (χ2v) is 8.71. The van der Waals surface area contributed by atoms with Crippen LogP contribution < -0.4 is 10.6 Å². The monoisotopic (exact) mass is 390 g/mol. The predicted molar refractivity (Wildman–Crippen MR) is 104 cm³/mol. The highest BCUT2D eigenvalue weighted by Crippen LogP contribution is 2.43. The molecule has 3 N–H and O–H groups in total. The molecule has 0 unspecified atom stereocenters. The van der Waals surface area contributed by atoms with Crippen LogP contribution in [0.5, 0.6) is 0 Å². The molecule has 3 rings (SSSR count). The average molecular weight is 390 g/mol. The van der Waals surface area contributed by atoms with Gasteiger partial charge in [-0.2, -0.15) is 0 Å². The predicted octanol–water partition coefficient (Wildman–Crippen LogP) is 4.07. The third-order valence-electron chi connectivity index (χ3n) is 4.93. The number of fused-ring (bicyclic) bond motifs is 1. The maximum Gasteiger partial charge on any atom is 0.339 e. The van der Waals surface area contributed by atoms with E-state index >= 15 is 0 Å². The number of aryl methyl sites for hydroxylation is 1. The first-order chi connectivity index (χ1) is 12.7. The molecule has 5 nitrogen and oxygen atoms in total. The second kappa shape index (κ2) is 7.40. The number of aromatic carboxylic acids is 1. The van der Waals surface area contributed by atoms with E-state index in [4.69, 9.17) is 0 Å². The fourth-order valence-electron chi connectivity index (χ4n) is 3.53. The minimum atomic E-state index is -1.05. The number of hydrogen-bond acceptors (Lipinski definition) is 4. The molecular formula is C20H23FN2O3S. The Hall–Kier alpha value is -2.25. The summed E-state index contributed by atoms with van der Waals surface area (Å²) in [6, 6.07) is 4.32. The molecule has 0 saturated carbocycles. The molecule has 1 aliphatic rings. The molecule has 1 heterocycles. The maximum absolute atomic E-state index is 14.1. The molecule has 1 aromatic heterocycles. The van der Waals surface area contributed by atoms with Gasteiger partial charge in [0, 0.05) is 22.5 Å². The van der Waals surface area contributed by atoms with E-state index in [1.807, 2.05) is 0 Å². The van der Waals surface area contributed by atoms with Crippen LogP contribution in [0.4, 0.5) is 9.39 Å². The molecule has 0 aliphatic heterocycles. The first kappa shape index (κ1) is 19.5. The summed E-state index contributed by atoms with van der Waals surface area (Å²) in [5.41, 5.74) is 1.47. The number of anilines is 1. The van der Waals surface area contributed by atoms with Crippen molar-refractivity contribution < 1.29 is 19.1 Å². The van der Waals surface area contributed by atoms with Gasteiger partial charge in [0.25, 0.3) is 5.91 Å². The van der Waals surface area contributed by atoms with Gasteiger partial charge < -0.3 is 15.7 Å². The Morgan fingerprint density at radius 3 is 2.74 bits per heavy atom. The number of rotatable bonds is 5. The standard InChI is InChI=1S/C20H23FN2O3S/c1-20(2)8-7-15-12(9-20)16(19(25)26)18(27-15)23-17(24)11-5-4-6-14(21)13(11)10-22-3/h4-6,22H,7-10H2,1-3H3,(H,23,24)(H,25,26). The van der Waals surface area contributed by atoms with Gasteiger partial charge in [-0.25, -0.2) is 9.18 Å². The van der Waals surface area contributed by atoms with Crippen molar-refractivity contribution in [1.29, 1.82) is 0 Å². The number of nitrogens with one attached hydrogen (secondary N) is 2. The van der Waals surface area contributed by atoms with E-state index in [-0.39, 0.29) is 28.7 Å². The highest BCUT2D eigenvalue weighted by molar-refractivity contribution is 7.17. The Labute approximate surface area is 161 Å². The zero-order valence-corrected chi connectivity index (χ0v) is 16.4. The number of amides is 1. The molecule has 7 heteroatoms. The summed E-state index contributed by atoms with van der Waals surface area (Å²) >= 11 is 1.32. The van der Waals surface area contributed by atoms with Crippen LogP contribution in [0, 0.1) is 11.2 Å². The molecule has 1 amide bonds. The fraction of sp³-hybridized carbons (Fsp3) is 0.400. The van der Waals surface area contributed by atoms with Gasteiger partial charge >= 0.3 is 5.97 Å². The molecule has 0 atom stereocenters. The molecule has 144 valence electrons. The number of carbonyl (C=O) groups excluding carboxylic acids is 1. The van der Waals surface area contributed by atoms with Gasteiger partial charge in [-0.05, 0) is 49.4 Å². The topological polar surface area (TPSA) is 78.4 Å². The van der Waals surface area contributed by atoms with Crippen molar-refractivity contribution in [2.75, 3.05) is 12.4 Å². The summed E-state index contributed by atoms with van der Waals surface area (Å²) in [6.45, 7) is 4.44. The quantitative estimate of drug-likeness (QED) is 0.719. The Balaban J connectivity index is 1.97. The molecular weight excluding hydrogens is 367 g/mol. The van der Waals surface area contributed by atoms with Crippen LogP contribution in [0.3, 0.4) is 0 Å². The molecule has 2 aromatic rings. The molecule has 1 aliphatic carbocycles. The Morgan fingerprint density at radius 2 is 2.07 bits per heavy atom. The lowest BCUT2D eigenvalue weighted by atomic mass is 9.76. The van der Waals surface area contributed by atoms with Gasteiger partial charge in [-0.15, -0.1) is 11.3 Å². The number of benzene rings is 1. The Bertz CT molecular complexity index is 905. The molecule has 0 saturated heterocycles. The number of carboxylic acid groups (broad SMARTS) is 1. The van der Waals surface area contributed by atoms with E-state index in [1.165, 1.54) is 23.5 Å². The average Bonchev–Trinajstić information content (AvgIpc) is 2.92. The molecule has 0 radical (unpaired) electrons. The number of carbonyl (C=O) groups is 2. The van der Waals surface area contributed by atoms with Crippen LogP contribution in [0.2, 0.25) is 0 Å². The van der Waals surface area contributed by atoms with Gasteiger partial charge in [0.2, 0.25) is 0 Å². The summed E-state index contributed by atoms with van der Waals surface area (Å²) in [5, 5.41) is 15.6. The van der Waals surface area contributed by atoms with E-state index in [0.717, 1.165) is 23.3 Å². The summed E-state index contributed by atoms with van der Waals surface area (Å²) in [5.74, 6) is -2.02. The summed E-state index contributed by atoms with van der Waals surface area (Å²) in [6.07, 6.45) is 2.44. The van der Waals surface area contributed by atoms with E-state index < -0.39 is 17.7 Å². The van der Waals surface area contributed by atoms with Gasteiger partial charge in [0.1, 0.15) is 10.8 Å². The van der Waals surface area contributed by atoms with Crippen LogP contribution in [0.15, 0.2) is 18.2 Å². The van der Waals surface area contributed by atoms with Crippen molar-refractivity contribution in [3.8, 4) is 0 Å². The molecule has 0 spiro atoms. The van der Waals surface area contributed by atoms with Gasteiger partial charge in [-0.3, -0.25) is 4.79 Å². The Morgan fingerprint density at radius 1 is 1.33 bits per heavy atom. The summed E-state index contributed by atoms with van der Waals surface area (Å²) in [4.78, 5) is 25.7. The summed E-state index contributed by atoms with van der Waals surface area (Å²) in [7, 11) is 1.67. The number of thiophene rings is 1. The van der Waals surface area contributed by atoms with Crippen LogP contribution in [0.1, 0.15) is 57.0 Å². The number of carboxylic acids is 1. The molecule has 0 fully saturated rings. The SMILES string of the molecule is CNCc1c(F)cccc1C(=O)Nc1sc2c(c1C(=O)O)CC(C)(C)CC2. The van der Waals surface area contributed by atoms with E-state index in [9.17, 15) is 19.1 Å². The lowest BCUT2D eigenvalue weighted by Crippen LogP contribution is -2.23. The minimum absolute atomic E-state index is 0.0298. The third kappa shape index (κ3) is 3.89. The highest BCUT2D eigenvalue weighted by Gasteiger charge is 2.33. The van der Waals surface area contributed by atoms with Gasteiger partial charge in [0.05, 0.1) is 5.56 Å². The third-order valence-corrected chi connectivity index (χ3v) is 6.14. The van der Waals surface area contributed by atoms with E-state index in [1.54, 1.807) is 13.1 Å². The first-order valence-corrected chi connectivity index (χ1v) is 9.66. The van der Waals surface area contributed by atoms with Crippen molar-refractivity contribution in [2.24, 2.45) is 5.41 Å². The van der Waals surface area contributed by atoms with Crippen LogP contribution in [-0.2, 0) is 19.4 Å². The van der Waals surface area contributed by atoms with Crippen LogP contribution >= 0.6 is 11.3 Å². The van der Waals surface area contributed by atoms with Crippen molar-refractivity contribution in [3.63, 3.8) is 0 Å². The normalized spacial score (nSPS) is 15.3. The lowest BCUT2D eigenvalue weighted by molar-refractivity contribution is 0.0696. The smallest absolute Gasteiger partial charge is 0.339 e. The van der Waals surface area contributed by atoms with Crippen molar-refractivity contribution in [1.82, 2.24) is 5.32 Å². The van der Waals surface area contributed by atoms with Crippen molar-refractivity contribution >= 4 is 28.2 Å². The lowest BCUT2D eigenvalue weighted by Gasteiger charge is -2.29. The molecule has 27 heavy (non-hydrogen) atoms.